The Bertz CT molecular complexity index is 1360. The number of hydrogen-bond donors (Lipinski definition) is 2. The molecule has 158 valence electrons. The molecule has 1 saturated heterocycles. The number of amides is 1. The fourth-order valence-corrected chi connectivity index (χ4v) is 4.35. The summed E-state index contributed by atoms with van der Waals surface area (Å²) in [5, 5.41) is 3.36. The van der Waals surface area contributed by atoms with Crippen molar-refractivity contribution in [1.29, 1.82) is 0 Å². The molecular formula is C20H16ClN5O3S2. The van der Waals surface area contributed by atoms with E-state index in [0.29, 0.717) is 26.5 Å². The van der Waals surface area contributed by atoms with Crippen molar-refractivity contribution in [2.45, 2.75) is 6.92 Å². The molecule has 0 unspecified atom stereocenters. The standard InChI is InChI=1S/C20H16ClN5O3S2/c1-2-31(28,29)26-13-4-5-14(21)16(11-13)24-20-25-19(27)18(30-20)10-12-3-6-15-17(9-12)23-8-7-22-15/h3-11,26H,2H2,1H3,(H,24,25,27)/b18-10-. The molecule has 0 spiro atoms. The third kappa shape index (κ3) is 5.04. The molecule has 31 heavy (non-hydrogen) atoms. The normalized spacial score (nSPS) is 16.8. The molecule has 1 aromatic heterocycles. The lowest BCUT2D eigenvalue weighted by atomic mass is 10.2. The molecular weight excluding hydrogens is 458 g/mol. The lowest BCUT2D eigenvalue weighted by molar-refractivity contribution is -0.115. The van der Waals surface area contributed by atoms with E-state index in [0.717, 1.165) is 28.4 Å². The number of aromatic nitrogens is 2. The number of anilines is 1. The van der Waals surface area contributed by atoms with Crippen LogP contribution in [0.5, 0.6) is 0 Å². The highest BCUT2D eigenvalue weighted by atomic mass is 35.5. The van der Waals surface area contributed by atoms with Gasteiger partial charge in [-0.25, -0.2) is 13.4 Å². The highest BCUT2D eigenvalue weighted by Gasteiger charge is 2.24. The van der Waals surface area contributed by atoms with E-state index in [1.165, 1.54) is 6.07 Å². The summed E-state index contributed by atoms with van der Waals surface area (Å²) in [4.78, 5) is 25.7. The van der Waals surface area contributed by atoms with Crippen molar-refractivity contribution in [3.8, 4) is 0 Å². The summed E-state index contributed by atoms with van der Waals surface area (Å²) in [7, 11) is -3.43. The second-order valence-electron chi connectivity index (χ2n) is 6.46. The zero-order valence-electron chi connectivity index (χ0n) is 16.2. The predicted octanol–water partition coefficient (Wildman–Crippen LogP) is 3.94. The molecule has 2 N–H and O–H groups in total. The summed E-state index contributed by atoms with van der Waals surface area (Å²) in [6, 6.07) is 10.1. The number of carbonyl (C=O) groups is 1. The van der Waals surface area contributed by atoms with Crippen molar-refractivity contribution in [3.63, 3.8) is 0 Å². The van der Waals surface area contributed by atoms with Crippen molar-refractivity contribution < 1.29 is 13.2 Å². The largest absolute Gasteiger partial charge is 0.300 e. The number of benzene rings is 2. The molecule has 1 amide bonds. The average molecular weight is 474 g/mol. The number of nitrogens with zero attached hydrogens (tertiary/aromatic N) is 3. The van der Waals surface area contributed by atoms with E-state index in [1.807, 2.05) is 18.2 Å². The minimum Gasteiger partial charge on any atom is -0.300 e. The zero-order chi connectivity index (χ0) is 22.0. The van der Waals surface area contributed by atoms with Gasteiger partial charge in [-0.1, -0.05) is 17.7 Å². The van der Waals surface area contributed by atoms with Crippen LogP contribution in [0, 0.1) is 0 Å². The number of fused-ring (bicyclic) bond motifs is 1. The summed E-state index contributed by atoms with van der Waals surface area (Å²) in [5.74, 6) is -0.346. The van der Waals surface area contributed by atoms with Gasteiger partial charge >= 0.3 is 0 Å². The number of halogens is 1. The molecule has 4 rings (SSSR count). The fraction of sp³-hybridized carbons (Fsp3) is 0.100. The molecule has 0 atom stereocenters. The van der Waals surface area contributed by atoms with Gasteiger partial charge in [0.05, 0.1) is 38.1 Å². The van der Waals surface area contributed by atoms with Gasteiger partial charge in [-0.3, -0.25) is 19.5 Å². The molecule has 0 radical (unpaired) electrons. The van der Waals surface area contributed by atoms with E-state index >= 15 is 0 Å². The minimum absolute atomic E-state index is 0.0557. The summed E-state index contributed by atoms with van der Waals surface area (Å²) >= 11 is 7.37. The SMILES string of the molecule is CCS(=O)(=O)Nc1ccc(Cl)c(N=C2NC(=O)/C(=C/c3ccc4nccnc4c3)S2)c1. The first-order valence-corrected chi connectivity index (χ1v) is 12.0. The van der Waals surface area contributed by atoms with Crippen LogP contribution in [0.15, 0.2) is 58.7 Å². The number of nitrogens with one attached hydrogen (secondary N) is 2. The summed E-state index contributed by atoms with van der Waals surface area (Å²) < 4.78 is 26.0. The number of hydrogen-bond acceptors (Lipinski definition) is 7. The molecule has 1 aliphatic heterocycles. The van der Waals surface area contributed by atoms with Crippen LogP contribution in [-0.4, -0.2) is 35.2 Å². The first kappa shape index (κ1) is 21.3. The van der Waals surface area contributed by atoms with Crippen LogP contribution in [0.25, 0.3) is 17.1 Å². The lowest BCUT2D eigenvalue weighted by Gasteiger charge is -2.07. The Labute approximate surface area is 187 Å². The zero-order valence-corrected chi connectivity index (χ0v) is 18.6. The molecule has 2 aromatic carbocycles. The Hall–Kier alpha value is -2.95. The molecule has 11 heteroatoms. The van der Waals surface area contributed by atoms with Crippen molar-refractivity contribution in [3.05, 3.63) is 64.3 Å². The van der Waals surface area contributed by atoms with Gasteiger partial charge in [0, 0.05) is 12.4 Å². The number of carbonyl (C=O) groups excluding carboxylic acids is 1. The predicted molar refractivity (Wildman–Crippen MR) is 125 cm³/mol. The van der Waals surface area contributed by atoms with Crippen LogP contribution >= 0.6 is 23.4 Å². The van der Waals surface area contributed by atoms with Crippen LogP contribution in [0.2, 0.25) is 5.02 Å². The molecule has 3 aromatic rings. The molecule has 0 saturated carbocycles. The molecule has 1 fully saturated rings. The van der Waals surface area contributed by atoms with Crippen LogP contribution < -0.4 is 10.0 Å². The van der Waals surface area contributed by atoms with Gasteiger partial charge in [0.2, 0.25) is 10.0 Å². The smallest absolute Gasteiger partial charge is 0.264 e. The van der Waals surface area contributed by atoms with Crippen molar-refractivity contribution in [1.82, 2.24) is 15.3 Å². The van der Waals surface area contributed by atoms with Gasteiger partial charge in [0.1, 0.15) is 0 Å². The van der Waals surface area contributed by atoms with E-state index in [4.69, 9.17) is 11.6 Å². The van der Waals surface area contributed by atoms with Crippen LogP contribution in [0.1, 0.15) is 12.5 Å². The molecule has 0 bridgehead atoms. The van der Waals surface area contributed by atoms with Crippen molar-refractivity contribution in [2.75, 3.05) is 10.5 Å². The summed E-state index contributed by atoms with van der Waals surface area (Å²) in [5.41, 5.74) is 2.98. The van der Waals surface area contributed by atoms with Gasteiger partial charge in [-0.2, -0.15) is 0 Å². The Kier molecular flexibility index (Phi) is 5.94. The number of amidine groups is 1. The Morgan fingerprint density at radius 3 is 2.71 bits per heavy atom. The fourth-order valence-electron chi connectivity index (χ4n) is 2.72. The Morgan fingerprint density at radius 1 is 1.16 bits per heavy atom. The maximum Gasteiger partial charge on any atom is 0.264 e. The van der Waals surface area contributed by atoms with Gasteiger partial charge in [0.25, 0.3) is 5.91 Å². The minimum atomic E-state index is -3.43. The maximum absolute atomic E-state index is 12.4. The molecule has 2 heterocycles. The highest BCUT2D eigenvalue weighted by Crippen LogP contribution is 2.33. The second kappa shape index (κ2) is 8.66. The number of sulfonamides is 1. The van der Waals surface area contributed by atoms with E-state index in [2.05, 4.69) is 25.0 Å². The lowest BCUT2D eigenvalue weighted by Crippen LogP contribution is -2.19. The van der Waals surface area contributed by atoms with E-state index in [1.54, 1.807) is 37.5 Å². The molecule has 8 nitrogen and oxygen atoms in total. The van der Waals surface area contributed by atoms with Gasteiger partial charge in [-0.05, 0) is 60.7 Å². The monoisotopic (exact) mass is 473 g/mol. The van der Waals surface area contributed by atoms with E-state index in [-0.39, 0.29) is 11.7 Å². The number of rotatable bonds is 5. The first-order valence-electron chi connectivity index (χ1n) is 9.13. The summed E-state index contributed by atoms with van der Waals surface area (Å²) in [6.07, 6.45) is 4.97. The number of thioether (sulfide) groups is 1. The molecule has 1 aliphatic rings. The van der Waals surface area contributed by atoms with E-state index in [9.17, 15) is 13.2 Å². The quantitative estimate of drug-likeness (QED) is 0.542. The second-order valence-corrected chi connectivity index (χ2v) is 9.91. The summed E-state index contributed by atoms with van der Waals surface area (Å²) in [6.45, 7) is 1.54. The van der Waals surface area contributed by atoms with E-state index < -0.39 is 10.0 Å². The number of aliphatic imine (C=N–C) groups is 1. The van der Waals surface area contributed by atoms with Crippen molar-refractivity contribution >= 4 is 72.9 Å². The van der Waals surface area contributed by atoms with Crippen LogP contribution in [0.4, 0.5) is 11.4 Å². The first-order chi connectivity index (χ1) is 14.8. The third-order valence-electron chi connectivity index (χ3n) is 4.26. The highest BCUT2D eigenvalue weighted by molar-refractivity contribution is 8.18. The molecule has 0 aliphatic carbocycles. The topological polar surface area (TPSA) is 113 Å². The van der Waals surface area contributed by atoms with Gasteiger partial charge in [-0.15, -0.1) is 0 Å². The third-order valence-corrected chi connectivity index (χ3v) is 6.80. The van der Waals surface area contributed by atoms with Crippen LogP contribution in [0.3, 0.4) is 0 Å². The van der Waals surface area contributed by atoms with Gasteiger partial charge in [0.15, 0.2) is 5.17 Å². The maximum atomic E-state index is 12.4. The Balaban J connectivity index is 1.59. The Morgan fingerprint density at radius 2 is 1.94 bits per heavy atom. The average Bonchev–Trinajstić information content (AvgIpc) is 3.09. The van der Waals surface area contributed by atoms with Crippen molar-refractivity contribution in [2.24, 2.45) is 4.99 Å². The van der Waals surface area contributed by atoms with Crippen LogP contribution in [-0.2, 0) is 14.8 Å². The van der Waals surface area contributed by atoms with Gasteiger partial charge < -0.3 is 5.32 Å².